The van der Waals surface area contributed by atoms with Crippen LogP contribution in [0.4, 0.5) is 10.1 Å². The molecule has 0 aliphatic carbocycles. The average molecular weight is 287 g/mol. The molecule has 19 heavy (non-hydrogen) atoms. The Labute approximate surface area is 112 Å². The van der Waals surface area contributed by atoms with Crippen LogP contribution in [-0.4, -0.2) is 39.2 Å². The molecule has 1 aliphatic rings. The van der Waals surface area contributed by atoms with Crippen LogP contribution in [0.25, 0.3) is 0 Å². The highest BCUT2D eigenvalue weighted by molar-refractivity contribution is 7.89. The summed E-state index contributed by atoms with van der Waals surface area (Å²) in [7, 11) is -0.133. The van der Waals surface area contributed by atoms with Crippen LogP contribution in [0, 0.1) is 5.82 Å². The Morgan fingerprint density at radius 2 is 2.16 bits per heavy atom. The van der Waals surface area contributed by atoms with Crippen molar-refractivity contribution in [3.8, 4) is 0 Å². The highest BCUT2D eigenvalue weighted by Crippen LogP contribution is 2.30. The molecular formula is C12H18FN3O2S. The molecule has 2 rings (SSSR count). The van der Waals surface area contributed by atoms with Crippen molar-refractivity contribution >= 4 is 15.7 Å². The predicted molar refractivity (Wildman–Crippen MR) is 72.9 cm³/mol. The number of rotatable bonds is 2. The van der Waals surface area contributed by atoms with E-state index in [9.17, 15) is 12.8 Å². The third kappa shape index (κ3) is 2.58. The van der Waals surface area contributed by atoms with Gasteiger partial charge in [0.2, 0.25) is 10.0 Å². The van der Waals surface area contributed by atoms with Gasteiger partial charge in [0.1, 0.15) is 5.82 Å². The second kappa shape index (κ2) is 4.73. The van der Waals surface area contributed by atoms with Gasteiger partial charge in [-0.25, -0.2) is 12.8 Å². The van der Waals surface area contributed by atoms with E-state index < -0.39 is 21.4 Å². The highest BCUT2D eigenvalue weighted by atomic mass is 32.2. The Bertz CT molecular complexity index is 591. The van der Waals surface area contributed by atoms with Crippen LogP contribution < -0.4 is 10.6 Å². The van der Waals surface area contributed by atoms with E-state index in [4.69, 9.17) is 0 Å². The first-order chi connectivity index (χ1) is 8.78. The van der Waals surface area contributed by atoms with E-state index in [1.807, 2.05) is 0 Å². The van der Waals surface area contributed by atoms with Crippen molar-refractivity contribution in [3.05, 3.63) is 29.6 Å². The molecule has 0 radical (unpaired) electrons. The largest absolute Gasteiger partial charge is 0.388 e. The molecule has 1 atom stereocenters. The van der Waals surface area contributed by atoms with Gasteiger partial charge in [-0.05, 0) is 25.1 Å². The van der Waals surface area contributed by atoms with Crippen molar-refractivity contribution < 1.29 is 12.8 Å². The number of nitrogens with zero attached hydrogens (tertiary/aromatic N) is 1. The Morgan fingerprint density at radius 3 is 2.74 bits per heavy atom. The molecule has 106 valence electrons. The standard InChI is InChI=1S/C12H18FN3O2S/c1-12(7-19(17,18)16(3)8-15-12)10-6-9(14-2)4-5-11(10)13/h4-6,14-15H,7-8H2,1-3H3. The summed E-state index contributed by atoms with van der Waals surface area (Å²) in [6, 6.07) is 4.61. The fourth-order valence-corrected chi connectivity index (χ4v) is 3.66. The maximum atomic E-state index is 14.0. The van der Waals surface area contributed by atoms with Crippen molar-refractivity contribution in [1.29, 1.82) is 0 Å². The SMILES string of the molecule is CNc1ccc(F)c(C2(C)CS(=O)(=O)N(C)CN2)c1. The molecule has 2 N–H and O–H groups in total. The lowest BCUT2D eigenvalue weighted by molar-refractivity contribution is 0.292. The minimum Gasteiger partial charge on any atom is -0.388 e. The zero-order valence-electron chi connectivity index (χ0n) is 11.2. The maximum Gasteiger partial charge on any atom is 0.217 e. The monoisotopic (exact) mass is 287 g/mol. The van der Waals surface area contributed by atoms with Crippen LogP contribution in [0.1, 0.15) is 12.5 Å². The first kappa shape index (κ1) is 14.2. The Balaban J connectivity index is 2.46. The van der Waals surface area contributed by atoms with E-state index in [-0.39, 0.29) is 12.4 Å². The first-order valence-electron chi connectivity index (χ1n) is 5.95. The van der Waals surface area contributed by atoms with Crippen LogP contribution >= 0.6 is 0 Å². The number of anilines is 1. The van der Waals surface area contributed by atoms with E-state index in [0.717, 1.165) is 5.69 Å². The topological polar surface area (TPSA) is 61.4 Å². The van der Waals surface area contributed by atoms with Gasteiger partial charge in [-0.2, -0.15) is 4.31 Å². The second-order valence-corrected chi connectivity index (χ2v) is 7.04. The Hall–Kier alpha value is -1.18. The summed E-state index contributed by atoms with van der Waals surface area (Å²) >= 11 is 0. The van der Waals surface area contributed by atoms with E-state index in [1.54, 1.807) is 26.1 Å². The lowest BCUT2D eigenvalue weighted by atomic mass is 9.93. The smallest absolute Gasteiger partial charge is 0.217 e. The molecule has 5 nitrogen and oxygen atoms in total. The van der Waals surface area contributed by atoms with E-state index in [1.165, 1.54) is 17.4 Å². The van der Waals surface area contributed by atoms with Crippen molar-refractivity contribution in [3.63, 3.8) is 0 Å². The summed E-state index contributed by atoms with van der Waals surface area (Å²) in [5, 5.41) is 6.01. The van der Waals surface area contributed by atoms with Gasteiger partial charge in [0, 0.05) is 25.3 Å². The summed E-state index contributed by atoms with van der Waals surface area (Å²) in [5.41, 5.74) is 0.175. The van der Waals surface area contributed by atoms with Crippen LogP contribution in [0.5, 0.6) is 0 Å². The second-order valence-electron chi connectivity index (χ2n) is 4.97. The molecule has 0 bridgehead atoms. The van der Waals surface area contributed by atoms with Crippen molar-refractivity contribution in [2.75, 3.05) is 31.8 Å². The Kier molecular flexibility index (Phi) is 3.55. The maximum absolute atomic E-state index is 14.0. The minimum absolute atomic E-state index is 0.166. The van der Waals surface area contributed by atoms with Gasteiger partial charge in [-0.3, -0.25) is 5.32 Å². The van der Waals surface area contributed by atoms with Crippen LogP contribution in [-0.2, 0) is 15.6 Å². The number of hydrogen-bond donors (Lipinski definition) is 2. The minimum atomic E-state index is -3.37. The number of sulfonamides is 1. The molecule has 1 unspecified atom stereocenters. The molecular weight excluding hydrogens is 269 g/mol. The van der Waals surface area contributed by atoms with Gasteiger partial charge < -0.3 is 5.32 Å². The first-order valence-corrected chi connectivity index (χ1v) is 7.56. The number of benzene rings is 1. The van der Waals surface area contributed by atoms with Gasteiger partial charge >= 0.3 is 0 Å². The molecule has 0 amide bonds. The molecule has 7 heteroatoms. The zero-order valence-corrected chi connectivity index (χ0v) is 12.0. The quantitative estimate of drug-likeness (QED) is 0.848. The number of nitrogens with one attached hydrogen (secondary N) is 2. The lowest BCUT2D eigenvalue weighted by Gasteiger charge is -2.39. The number of halogens is 1. The van der Waals surface area contributed by atoms with Crippen LogP contribution in [0.15, 0.2) is 18.2 Å². The molecule has 1 fully saturated rings. The summed E-state index contributed by atoms with van der Waals surface area (Å²) in [5.74, 6) is -0.575. The fourth-order valence-electron chi connectivity index (χ4n) is 2.19. The summed E-state index contributed by atoms with van der Waals surface area (Å²) in [4.78, 5) is 0. The summed E-state index contributed by atoms with van der Waals surface area (Å²) in [6.07, 6.45) is 0. The van der Waals surface area contributed by atoms with E-state index >= 15 is 0 Å². The molecule has 1 aromatic carbocycles. The highest BCUT2D eigenvalue weighted by Gasteiger charge is 2.40. The molecule has 0 saturated carbocycles. The van der Waals surface area contributed by atoms with Crippen molar-refractivity contribution in [2.45, 2.75) is 12.5 Å². The van der Waals surface area contributed by atoms with Gasteiger partial charge in [-0.1, -0.05) is 0 Å². The van der Waals surface area contributed by atoms with Gasteiger partial charge in [0.05, 0.1) is 18.0 Å². The van der Waals surface area contributed by atoms with Gasteiger partial charge in [0.25, 0.3) is 0 Å². The van der Waals surface area contributed by atoms with Crippen molar-refractivity contribution in [1.82, 2.24) is 9.62 Å². The third-order valence-corrected chi connectivity index (χ3v) is 5.51. The fraction of sp³-hybridized carbons (Fsp3) is 0.500. The van der Waals surface area contributed by atoms with Gasteiger partial charge in [0.15, 0.2) is 0 Å². The molecule has 1 aromatic rings. The summed E-state index contributed by atoms with van der Waals surface area (Å²) < 4.78 is 39.2. The number of hydrogen-bond acceptors (Lipinski definition) is 4. The molecule has 0 spiro atoms. The molecule has 1 aliphatic heterocycles. The average Bonchev–Trinajstić information content (AvgIpc) is 2.34. The molecule has 0 aromatic heterocycles. The zero-order chi connectivity index (χ0) is 14.3. The van der Waals surface area contributed by atoms with Gasteiger partial charge in [-0.15, -0.1) is 0 Å². The molecule has 1 heterocycles. The normalized spacial score (nSPS) is 27.2. The molecule has 1 saturated heterocycles. The van der Waals surface area contributed by atoms with E-state index in [2.05, 4.69) is 10.6 Å². The van der Waals surface area contributed by atoms with Crippen LogP contribution in [0.2, 0.25) is 0 Å². The Morgan fingerprint density at radius 1 is 1.47 bits per heavy atom. The lowest BCUT2D eigenvalue weighted by Crippen LogP contribution is -2.57. The van der Waals surface area contributed by atoms with Crippen molar-refractivity contribution in [2.24, 2.45) is 0 Å². The predicted octanol–water partition coefficient (Wildman–Crippen LogP) is 0.905. The van der Waals surface area contributed by atoms with E-state index in [0.29, 0.717) is 5.56 Å². The third-order valence-electron chi connectivity index (χ3n) is 3.49. The summed E-state index contributed by atoms with van der Waals surface area (Å²) in [6.45, 7) is 1.87. The van der Waals surface area contributed by atoms with Crippen LogP contribution in [0.3, 0.4) is 0 Å².